The normalized spacial score (nSPS) is 13.5. The van der Waals surface area contributed by atoms with Crippen molar-refractivity contribution in [1.82, 2.24) is 21.3 Å². The molecule has 0 aliphatic heterocycles. The molecule has 45 heavy (non-hydrogen) atoms. The highest BCUT2D eigenvalue weighted by Gasteiger charge is 2.34. The van der Waals surface area contributed by atoms with Crippen molar-refractivity contribution >= 4 is 27.6 Å². The first-order valence-electron chi connectivity index (χ1n) is 15.6. The third-order valence-electron chi connectivity index (χ3n) is 7.55. The molecule has 0 aliphatic rings. The van der Waals surface area contributed by atoms with Crippen LogP contribution in [0.4, 0.5) is 0 Å². The first kappa shape index (κ1) is 37.7. The van der Waals surface area contributed by atoms with Crippen LogP contribution in [0.25, 0.3) is 0 Å². The molecule has 0 bridgehead atoms. The van der Waals surface area contributed by atoms with Crippen molar-refractivity contribution in [2.24, 2.45) is 0 Å². The van der Waals surface area contributed by atoms with Crippen LogP contribution in [0.1, 0.15) is 63.5 Å². The van der Waals surface area contributed by atoms with Gasteiger partial charge in [0.2, 0.25) is 17.7 Å². The molecule has 0 saturated carbocycles. The van der Waals surface area contributed by atoms with Gasteiger partial charge in [-0.2, -0.15) is 0 Å². The molecule has 2 aromatic carbocycles. The maximum absolute atomic E-state index is 13.7. The highest BCUT2D eigenvalue weighted by Crippen LogP contribution is 2.18. The van der Waals surface area contributed by atoms with Crippen molar-refractivity contribution in [1.29, 1.82) is 0 Å². The van der Waals surface area contributed by atoms with E-state index in [4.69, 9.17) is 4.74 Å². The predicted molar refractivity (Wildman–Crippen MR) is 175 cm³/mol. The summed E-state index contributed by atoms with van der Waals surface area (Å²) in [6, 6.07) is 14.6. The van der Waals surface area contributed by atoms with Crippen LogP contribution in [-0.4, -0.2) is 81.1 Å². The van der Waals surface area contributed by atoms with E-state index >= 15 is 0 Å². The summed E-state index contributed by atoms with van der Waals surface area (Å²) in [7, 11) is -0.738. The van der Waals surface area contributed by atoms with E-state index < -0.39 is 50.8 Å². The molecule has 2 rings (SSSR count). The van der Waals surface area contributed by atoms with E-state index in [9.17, 15) is 27.9 Å². The van der Waals surface area contributed by atoms with Gasteiger partial charge < -0.3 is 31.1 Å². The number of sulfone groups is 1. The summed E-state index contributed by atoms with van der Waals surface area (Å²) in [5, 5.41) is 21.6. The van der Waals surface area contributed by atoms with Crippen LogP contribution in [0.2, 0.25) is 0 Å². The number of carbonyl (C=O) groups is 3. The van der Waals surface area contributed by atoms with E-state index in [-0.39, 0.29) is 31.7 Å². The fourth-order valence-corrected chi connectivity index (χ4v) is 7.20. The van der Waals surface area contributed by atoms with Gasteiger partial charge in [-0.3, -0.25) is 14.4 Å². The van der Waals surface area contributed by atoms with Crippen LogP contribution in [0.15, 0.2) is 54.6 Å². The smallest absolute Gasteiger partial charge is 0.243 e. The van der Waals surface area contributed by atoms with Gasteiger partial charge in [-0.15, -0.1) is 0 Å². The summed E-state index contributed by atoms with van der Waals surface area (Å²) in [4.78, 5) is 38.2. The number of benzene rings is 2. The van der Waals surface area contributed by atoms with E-state index in [2.05, 4.69) is 21.3 Å². The third kappa shape index (κ3) is 13.6. The first-order chi connectivity index (χ1) is 21.5. The van der Waals surface area contributed by atoms with Gasteiger partial charge in [0, 0.05) is 33.0 Å². The van der Waals surface area contributed by atoms with E-state index in [1.807, 2.05) is 68.4 Å². The van der Waals surface area contributed by atoms with Crippen molar-refractivity contribution in [3.05, 3.63) is 65.7 Å². The summed E-state index contributed by atoms with van der Waals surface area (Å²) in [5.74, 6) is -1.56. The molecule has 0 radical (unpaired) electrons. The molecular weight excluding hydrogens is 596 g/mol. The average Bonchev–Trinajstić information content (AvgIpc) is 3.03. The summed E-state index contributed by atoms with van der Waals surface area (Å²) in [6.07, 6.45) is 1.13. The molecule has 5 N–H and O–H groups in total. The fourth-order valence-electron chi connectivity index (χ4n) is 5.04. The lowest BCUT2D eigenvalue weighted by molar-refractivity contribution is -0.130. The third-order valence-corrected chi connectivity index (χ3v) is 9.83. The standard InChI is InChI=1S/C33H50N4O7S/c1-5-11-27(12-6-2)45(42,43)23-29(36-32(40)18-17-31(39)34-3)33(41)37-28(20-24-13-8-7-9-14-24)30(38)22-35-21-25-15-10-16-26(19-25)44-4/h7-10,13-16,19,27-30,35,38H,5-6,11-12,17-18,20-23H2,1-4H3,(H,34,39)(H,36,40)(H,37,41)/t28-,29+,30+/m0/s1. The molecule has 250 valence electrons. The van der Waals surface area contributed by atoms with Gasteiger partial charge in [-0.1, -0.05) is 69.2 Å². The van der Waals surface area contributed by atoms with Gasteiger partial charge in [-0.05, 0) is 42.5 Å². The largest absolute Gasteiger partial charge is 0.497 e. The second-order valence-electron chi connectivity index (χ2n) is 11.2. The Labute approximate surface area is 267 Å². The van der Waals surface area contributed by atoms with Gasteiger partial charge >= 0.3 is 0 Å². The van der Waals surface area contributed by atoms with Crippen LogP contribution >= 0.6 is 0 Å². The molecule has 0 aliphatic carbocycles. The highest BCUT2D eigenvalue weighted by atomic mass is 32.2. The molecule has 3 atom stereocenters. The van der Waals surface area contributed by atoms with Crippen molar-refractivity contribution in [3.63, 3.8) is 0 Å². The van der Waals surface area contributed by atoms with Gasteiger partial charge in [0.1, 0.15) is 11.8 Å². The van der Waals surface area contributed by atoms with Crippen molar-refractivity contribution in [3.8, 4) is 5.75 Å². The van der Waals surface area contributed by atoms with E-state index in [1.54, 1.807) is 7.11 Å². The maximum atomic E-state index is 13.7. The summed E-state index contributed by atoms with van der Waals surface area (Å²) in [6.45, 7) is 4.38. The molecule has 12 heteroatoms. The van der Waals surface area contributed by atoms with Crippen LogP contribution < -0.4 is 26.0 Å². The lowest BCUT2D eigenvalue weighted by Crippen LogP contribution is -2.57. The topological polar surface area (TPSA) is 163 Å². The maximum Gasteiger partial charge on any atom is 0.243 e. The number of carbonyl (C=O) groups excluding carboxylic acids is 3. The van der Waals surface area contributed by atoms with Crippen molar-refractivity contribution in [2.75, 3.05) is 26.5 Å². The summed E-state index contributed by atoms with van der Waals surface area (Å²) < 4.78 is 32.2. The number of methoxy groups -OCH3 is 1. The zero-order chi connectivity index (χ0) is 33.2. The molecule has 0 saturated heterocycles. The van der Waals surface area contributed by atoms with Crippen LogP contribution in [0.3, 0.4) is 0 Å². The summed E-state index contributed by atoms with van der Waals surface area (Å²) >= 11 is 0. The highest BCUT2D eigenvalue weighted by molar-refractivity contribution is 7.92. The molecule has 0 heterocycles. The molecule has 2 aromatic rings. The molecular formula is C33H50N4O7S. The Morgan fingerprint density at radius 3 is 2.16 bits per heavy atom. The first-order valence-corrected chi connectivity index (χ1v) is 17.3. The SMILES string of the molecule is CCCC(CCC)S(=O)(=O)C[C@@H](NC(=O)CCC(=O)NC)C(=O)N[C@@H](Cc1ccccc1)[C@H](O)CNCc1cccc(OC)c1. The second-order valence-corrected chi connectivity index (χ2v) is 13.5. The minimum atomic E-state index is -3.78. The second kappa shape index (κ2) is 19.8. The zero-order valence-electron chi connectivity index (χ0n) is 26.9. The number of rotatable bonds is 21. The number of aliphatic hydroxyl groups excluding tert-OH is 1. The van der Waals surface area contributed by atoms with Crippen molar-refractivity contribution < 1.29 is 32.6 Å². The van der Waals surface area contributed by atoms with Gasteiger partial charge in [0.05, 0.1) is 30.3 Å². The molecule has 3 amide bonds. The Hall–Kier alpha value is -3.48. The Bertz CT molecular complexity index is 1300. The fraction of sp³-hybridized carbons (Fsp3) is 0.545. The quantitative estimate of drug-likeness (QED) is 0.138. The number of ether oxygens (including phenoxy) is 1. The molecule has 0 fully saturated rings. The van der Waals surface area contributed by atoms with Crippen molar-refractivity contribution in [2.45, 2.75) is 88.8 Å². The Balaban J connectivity index is 2.26. The van der Waals surface area contributed by atoms with Crippen LogP contribution in [0.5, 0.6) is 5.75 Å². The predicted octanol–water partition coefficient (Wildman–Crippen LogP) is 2.27. The molecule has 0 spiro atoms. The van der Waals surface area contributed by atoms with E-state index in [0.717, 1.165) is 11.1 Å². The van der Waals surface area contributed by atoms with E-state index in [0.29, 0.717) is 38.0 Å². The van der Waals surface area contributed by atoms with Crippen LogP contribution in [-0.2, 0) is 37.2 Å². The number of hydrogen-bond acceptors (Lipinski definition) is 8. The monoisotopic (exact) mass is 646 g/mol. The van der Waals surface area contributed by atoms with Gasteiger partial charge in [0.25, 0.3) is 0 Å². The minimum Gasteiger partial charge on any atom is -0.497 e. The number of amides is 3. The number of aliphatic hydroxyl groups is 1. The van der Waals surface area contributed by atoms with Gasteiger partial charge in [0.15, 0.2) is 9.84 Å². The van der Waals surface area contributed by atoms with Crippen LogP contribution in [0, 0.1) is 0 Å². The lowest BCUT2D eigenvalue weighted by atomic mass is 10.0. The number of hydrogen-bond donors (Lipinski definition) is 5. The number of nitrogens with one attached hydrogen (secondary N) is 4. The average molecular weight is 647 g/mol. The Morgan fingerprint density at radius 1 is 0.889 bits per heavy atom. The Kier molecular flexibility index (Phi) is 16.6. The van der Waals surface area contributed by atoms with Gasteiger partial charge in [-0.25, -0.2) is 8.42 Å². The molecule has 0 aromatic heterocycles. The van der Waals surface area contributed by atoms with E-state index in [1.165, 1.54) is 7.05 Å². The molecule has 0 unspecified atom stereocenters. The molecule has 11 nitrogen and oxygen atoms in total. The summed E-state index contributed by atoms with van der Waals surface area (Å²) in [5.41, 5.74) is 1.81. The Morgan fingerprint density at radius 2 is 1.53 bits per heavy atom. The minimum absolute atomic E-state index is 0.105. The lowest BCUT2D eigenvalue weighted by Gasteiger charge is -2.28. The zero-order valence-corrected chi connectivity index (χ0v) is 27.7.